The van der Waals surface area contributed by atoms with Crippen molar-refractivity contribution < 1.29 is 14.3 Å². The largest absolute Gasteiger partial charge is 0.463 e. The van der Waals surface area contributed by atoms with Gasteiger partial charge in [0.05, 0.1) is 18.0 Å². The summed E-state index contributed by atoms with van der Waals surface area (Å²) in [6.07, 6.45) is 0. The van der Waals surface area contributed by atoms with Crippen LogP contribution in [-0.2, 0) is 16.0 Å². The van der Waals surface area contributed by atoms with Crippen LogP contribution in [0.4, 0.5) is 0 Å². The first-order valence-corrected chi connectivity index (χ1v) is 8.31. The van der Waals surface area contributed by atoms with Crippen molar-refractivity contribution >= 4 is 23.3 Å². The molecule has 1 amide bonds. The Hall–Kier alpha value is -2.18. The zero-order valence-corrected chi connectivity index (χ0v) is 13.8. The molecule has 0 radical (unpaired) electrons. The molecule has 0 unspecified atom stereocenters. The number of benzene rings is 1. The molecule has 1 aromatic heterocycles. The van der Waals surface area contributed by atoms with Crippen molar-refractivity contribution in [1.29, 1.82) is 0 Å². The summed E-state index contributed by atoms with van der Waals surface area (Å²) in [6.45, 7) is 3.78. The summed E-state index contributed by atoms with van der Waals surface area (Å²) in [6, 6.07) is 13.6. The molecule has 0 saturated carbocycles. The minimum absolute atomic E-state index is 0.215. The highest BCUT2D eigenvalue weighted by Gasteiger charge is 2.10. The fraction of sp³-hybridized carbons (Fsp3) is 0.294. The Morgan fingerprint density at radius 2 is 2.00 bits per heavy atom. The first kappa shape index (κ1) is 17.2. The Morgan fingerprint density at radius 1 is 1.17 bits per heavy atom. The number of amidine groups is 1. The predicted molar refractivity (Wildman–Crippen MR) is 91.8 cm³/mol. The van der Waals surface area contributed by atoms with E-state index in [-0.39, 0.29) is 11.9 Å². The van der Waals surface area contributed by atoms with Crippen molar-refractivity contribution in [2.75, 3.05) is 19.8 Å². The normalized spacial score (nSPS) is 11.3. The zero-order valence-electron chi connectivity index (χ0n) is 13.0. The number of amides is 1. The van der Waals surface area contributed by atoms with E-state index in [2.05, 4.69) is 10.3 Å². The molecule has 23 heavy (non-hydrogen) atoms. The average molecular weight is 332 g/mol. The van der Waals surface area contributed by atoms with Gasteiger partial charge in [-0.3, -0.25) is 10.1 Å². The molecule has 0 fully saturated rings. The molecule has 0 bridgehead atoms. The summed E-state index contributed by atoms with van der Waals surface area (Å²) in [5.41, 5.74) is 1.05. The van der Waals surface area contributed by atoms with Gasteiger partial charge in [0, 0.05) is 6.61 Å². The third-order valence-corrected chi connectivity index (χ3v) is 3.75. The van der Waals surface area contributed by atoms with Gasteiger partial charge in [-0.05, 0) is 23.9 Å². The Balaban J connectivity index is 1.97. The second-order valence-electron chi connectivity index (χ2n) is 4.58. The fourth-order valence-corrected chi connectivity index (χ4v) is 2.39. The van der Waals surface area contributed by atoms with Crippen molar-refractivity contribution in [2.45, 2.75) is 13.5 Å². The van der Waals surface area contributed by atoms with E-state index < -0.39 is 0 Å². The highest BCUT2D eigenvalue weighted by Crippen LogP contribution is 2.08. The lowest BCUT2D eigenvalue weighted by atomic mass is 10.2. The first-order valence-electron chi connectivity index (χ1n) is 7.43. The molecular formula is C17H20N2O3S. The number of aliphatic imine (C=N–C) groups is 1. The molecule has 2 aromatic rings. The van der Waals surface area contributed by atoms with Crippen LogP contribution < -0.4 is 5.32 Å². The average Bonchev–Trinajstić information content (AvgIpc) is 3.12. The van der Waals surface area contributed by atoms with Gasteiger partial charge in [-0.25, -0.2) is 4.99 Å². The predicted octanol–water partition coefficient (Wildman–Crippen LogP) is 3.09. The second-order valence-corrected chi connectivity index (χ2v) is 5.53. The van der Waals surface area contributed by atoms with Gasteiger partial charge in [0.1, 0.15) is 6.61 Å². The number of nitrogens with one attached hydrogen (secondary N) is 1. The van der Waals surface area contributed by atoms with Gasteiger partial charge in [0.15, 0.2) is 0 Å². The van der Waals surface area contributed by atoms with Gasteiger partial charge in [-0.15, -0.1) is 11.3 Å². The summed E-state index contributed by atoms with van der Waals surface area (Å²) in [5.74, 6) is -0.219. The maximum absolute atomic E-state index is 12.1. The van der Waals surface area contributed by atoms with Crippen molar-refractivity contribution in [2.24, 2.45) is 4.99 Å². The summed E-state index contributed by atoms with van der Waals surface area (Å²) in [7, 11) is 0. The fourth-order valence-electron chi connectivity index (χ4n) is 1.78. The van der Waals surface area contributed by atoms with Crippen molar-refractivity contribution in [3.63, 3.8) is 0 Å². The molecular weight excluding hydrogens is 312 g/mol. The van der Waals surface area contributed by atoms with Crippen LogP contribution in [0.5, 0.6) is 0 Å². The van der Waals surface area contributed by atoms with E-state index in [9.17, 15) is 4.79 Å². The van der Waals surface area contributed by atoms with Gasteiger partial charge in [0.2, 0.25) is 0 Å². The lowest BCUT2D eigenvalue weighted by Crippen LogP contribution is -2.33. The molecule has 1 N–H and O–H groups in total. The molecule has 0 aliphatic rings. The number of hydrogen-bond acceptors (Lipinski definition) is 5. The van der Waals surface area contributed by atoms with E-state index in [1.807, 2.05) is 48.7 Å². The van der Waals surface area contributed by atoms with Crippen LogP contribution in [0.1, 0.15) is 22.2 Å². The number of nitrogens with zero attached hydrogens (tertiary/aromatic N) is 1. The Kier molecular flexibility index (Phi) is 7.29. The Bertz CT molecular complexity index is 612. The van der Waals surface area contributed by atoms with Crippen LogP contribution in [0.2, 0.25) is 0 Å². The number of carbonyl (C=O) groups excluding carboxylic acids is 1. The minimum Gasteiger partial charge on any atom is -0.463 e. The van der Waals surface area contributed by atoms with Crippen molar-refractivity contribution in [3.8, 4) is 0 Å². The van der Waals surface area contributed by atoms with Crippen LogP contribution in [0, 0.1) is 0 Å². The highest BCUT2D eigenvalue weighted by molar-refractivity contribution is 7.12. The molecule has 1 aromatic carbocycles. The molecule has 0 aliphatic heterocycles. The summed E-state index contributed by atoms with van der Waals surface area (Å²) < 4.78 is 10.8. The van der Waals surface area contributed by atoms with Crippen LogP contribution in [0.3, 0.4) is 0 Å². The van der Waals surface area contributed by atoms with Crippen molar-refractivity contribution in [3.05, 3.63) is 58.3 Å². The molecule has 0 saturated heterocycles. The quantitative estimate of drug-likeness (QED) is 0.481. The van der Waals surface area contributed by atoms with Crippen LogP contribution in [-0.4, -0.2) is 31.7 Å². The topological polar surface area (TPSA) is 59.9 Å². The monoisotopic (exact) mass is 332 g/mol. The van der Waals surface area contributed by atoms with E-state index in [1.165, 1.54) is 11.3 Å². The molecule has 2 rings (SSSR count). The zero-order chi connectivity index (χ0) is 16.3. The summed E-state index contributed by atoms with van der Waals surface area (Å²) in [4.78, 5) is 17.1. The van der Waals surface area contributed by atoms with Gasteiger partial charge in [0.25, 0.3) is 11.9 Å². The van der Waals surface area contributed by atoms with Crippen molar-refractivity contribution in [1.82, 2.24) is 5.32 Å². The number of carbonyl (C=O) groups is 1. The molecule has 1 heterocycles. The SMILES string of the molecule is CCOCCOC(=NCc1ccccc1)NC(=O)c1cccs1. The minimum atomic E-state index is -0.219. The summed E-state index contributed by atoms with van der Waals surface area (Å²) in [5, 5.41) is 4.56. The lowest BCUT2D eigenvalue weighted by molar-refractivity contribution is 0.0925. The van der Waals surface area contributed by atoms with Crippen LogP contribution >= 0.6 is 11.3 Å². The molecule has 0 aliphatic carbocycles. The molecule has 0 atom stereocenters. The summed E-state index contributed by atoms with van der Waals surface area (Å²) >= 11 is 1.37. The van der Waals surface area contributed by atoms with Gasteiger partial charge < -0.3 is 9.47 Å². The number of thiophene rings is 1. The number of rotatable bonds is 7. The first-order chi connectivity index (χ1) is 11.3. The van der Waals surface area contributed by atoms with Gasteiger partial charge in [-0.1, -0.05) is 36.4 Å². The molecule has 6 heteroatoms. The van der Waals surface area contributed by atoms with E-state index in [4.69, 9.17) is 9.47 Å². The maximum Gasteiger partial charge on any atom is 0.292 e. The lowest BCUT2D eigenvalue weighted by Gasteiger charge is -2.10. The second kappa shape index (κ2) is 9.76. The maximum atomic E-state index is 12.1. The van der Waals surface area contributed by atoms with E-state index in [1.54, 1.807) is 6.07 Å². The standard InChI is InChI=1S/C17H20N2O3S/c1-2-21-10-11-22-17(18-13-14-7-4-3-5-8-14)19-16(20)15-9-6-12-23-15/h3-9,12H,2,10-11,13H2,1H3,(H,18,19,20). The molecule has 122 valence electrons. The van der Waals surface area contributed by atoms with Crippen LogP contribution in [0.15, 0.2) is 52.8 Å². The van der Waals surface area contributed by atoms with E-state index >= 15 is 0 Å². The van der Waals surface area contributed by atoms with Gasteiger partial charge >= 0.3 is 0 Å². The van der Waals surface area contributed by atoms with E-state index in [0.717, 1.165) is 5.56 Å². The highest BCUT2D eigenvalue weighted by atomic mass is 32.1. The smallest absolute Gasteiger partial charge is 0.292 e. The number of ether oxygens (including phenoxy) is 2. The molecule has 5 nitrogen and oxygen atoms in total. The Labute approximate surface area is 140 Å². The van der Waals surface area contributed by atoms with Crippen LogP contribution in [0.25, 0.3) is 0 Å². The third kappa shape index (κ3) is 6.22. The molecule has 0 spiro atoms. The van der Waals surface area contributed by atoms with E-state index in [0.29, 0.717) is 31.2 Å². The number of hydrogen-bond donors (Lipinski definition) is 1. The van der Waals surface area contributed by atoms with Gasteiger partial charge in [-0.2, -0.15) is 0 Å². The third-order valence-electron chi connectivity index (χ3n) is 2.88. The Morgan fingerprint density at radius 3 is 2.70 bits per heavy atom.